The number of carbonyl (C=O) groups is 2. The molecule has 0 atom stereocenters. The second-order valence-corrected chi connectivity index (χ2v) is 7.69. The maximum atomic E-state index is 12.9. The van der Waals surface area contributed by atoms with Crippen LogP contribution >= 0.6 is 11.6 Å². The van der Waals surface area contributed by atoms with Gasteiger partial charge in [0.15, 0.2) is 0 Å². The van der Waals surface area contributed by atoms with Gasteiger partial charge in [0, 0.05) is 22.8 Å². The Labute approximate surface area is 164 Å². The summed E-state index contributed by atoms with van der Waals surface area (Å²) < 4.78 is 5.48. The zero-order valence-electron chi connectivity index (χ0n) is 15.5. The predicted molar refractivity (Wildman–Crippen MR) is 106 cm³/mol. The van der Waals surface area contributed by atoms with E-state index in [4.69, 9.17) is 16.3 Å². The topological polar surface area (TPSA) is 58.6 Å². The highest BCUT2D eigenvalue weighted by Crippen LogP contribution is 2.23. The summed E-state index contributed by atoms with van der Waals surface area (Å²) in [7, 11) is 0. The third kappa shape index (κ3) is 4.87. The Morgan fingerprint density at radius 2 is 1.93 bits per heavy atom. The number of anilines is 1. The van der Waals surface area contributed by atoms with Gasteiger partial charge in [-0.3, -0.25) is 9.59 Å². The van der Waals surface area contributed by atoms with E-state index in [-0.39, 0.29) is 23.8 Å². The number of hydrogen-bond donors (Lipinski definition) is 1. The zero-order valence-corrected chi connectivity index (χ0v) is 16.3. The van der Waals surface area contributed by atoms with Crippen molar-refractivity contribution in [3.05, 3.63) is 64.7 Å². The molecule has 0 bridgehead atoms. The van der Waals surface area contributed by atoms with E-state index in [1.165, 1.54) is 0 Å². The van der Waals surface area contributed by atoms with Crippen LogP contribution in [0.15, 0.2) is 48.5 Å². The van der Waals surface area contributed by atoms with Crippen molar-refractivity contribution in [2.45, 2.75) is 25.8 Å². The SMILES string of the molecule is CC1(C)COCCN1C(=O)c1cccc(NC(=O)Cc2ccc(Cl)cc2)c1. The standard InChI is InChI=1S/C21H23ClN2O3/c1-21(2)14-27-11-10-24(21)20(26)16-4-3-5-18(13-16)23-19(25)12-15-6-8-17(22)9-7-15/h3-9,13H,10-12,14H2,1-2H3,(H,23,25). The lowest BCUT2D eigenvalue weighted by Gasteiger charge is -2.42. The number of rotatable bonds is 4. The lowest BCUT2D eigenvalue weighted by molar-refractivity contribution is -0.115. The van der Waals surface area contributed by atoms with Crippen LogP contribution in [0.25, 0.3) is 0 Å². The van der Waals surface area contributed by atoms with Crippen molar-refractivity contribution in [2.75, 3.05) is 25.1 Å². The Hall–Kier alpha value is -2.37. The first kappa shape index (κ1) is 19.4. The zero-order chi connectivity index (χ0) is 19.4. The second kappa shape index (κ2) is 8.11. The minimum atomic E-state index is -0.358. The van der Waals surface area contributed by atoms with Gasteiger partial charge in [-0.25, -0.2) is 0 Å². The van der Waals surface area contributed by atoms with E-state index in [1.807, 2.05) is 30.9 Å². The number of halogens is 1. The molecule has 1 aliphatic rings. The van der Waals surface area contributed by atoms with Gasteiger partial charge < -0.3 is 15.0 Å². The Balaban J connectivity index is 1.68. The Kier molecular flexibility index (Phi) is 5.82. The predicted octanol–water partition coefficient (Wildman–Crippen LogP) is 3.77. The third-order valence-electron chi connectivity index (χ3n) is 4.56. The second-order valence-electron chi connectivity index (χ2n) is 7.25. The highest BCUT2D eigenvalue weighted by atomic mass is 35.5. The molecule has 3 rings (SSSR count). The molecule has 5 nitrogen and oxygen atoms in total. The molecule has 2 aromatic carbocycles. The molecule has 6 heteroatoms. The molecule has 1 saturated heterocycles. The first-order chi connectivity index (χ1) is 12.8. The van der Waals surface area contributed by atoms with Crippen molar-refractivity contribution >= 4 is 29.1 Å². The fraction of sp³-hybridized carbons (Fsp3) is 0.333. The van der Waals surface area contributed by atoms with Crippen LogP contribution in [-0.4, -0.2) is 42.0 Å². The summed E-state index contributed by atoms with van der Waals surface area (Å²) in [6, 6.07) is 14.2. The number of nitrogens with one attached hydrogen (secondary N) is 1. The first-order valence-electron chi connectivity index (χ1n) is 8.89. The average Bonchev–Trinajstić information content (AvgIpc) is 2.63. The number of benzene rings is 2. The summed E-state index contributed by atoms with van der Waals surface area (Å²) in [6.07, 6.45) is 0.242. The Bertz CT molecular complexity index is 834. The molecule has 1 heterocycles. The van der Waals surface area contributed by atoms with Crippen molar-refractivity contribution in [1.29, 1.82) is 0 Å². The smallest absolute Gasteiger partial charge is 0.254 e. The van der Waals surface area contributed by atoms with Crippen molar-refractivity contribution in [1.82, 2.24) is 4.90 Å². The maximum absolute atomic E-state index is 12.9. The quantitative estimate of drug-likeness (QED) is 0.870. The lowest BCUT2D eigenvalue weighted by Crippen LogP contribution is -2.55. The summed E-state index contributed by atoms with van der Waals surface area (Å²) >= 11 is 5.86. The number of nitrogens with zero attached hydrogens (tertiary/aromatic N) is 1. The van der Waals surface area contributed by atoms with Gasteiger partial charge >= 0.3 is 0 Å². The van der Waals surface area contributed by atoms with Gasteiger partial charge in [0.25, 0.3) is 5.91 Å². The third-order valence-corrected chi connectivity index (χ3v) is 4.81. The fourth-order valence-electron chi connectivity index (χ4n) is 3.11. The molecule has 142 valence electrons. The molecule has 2 amide bonds. The lowest BCUT2D eigenvalue weighted by atomic mass is 10.0. The van der Waals surface area contributed by atoms with E-state index in [0.29, 0.717) is 36.0 Å². The van der Waals surface area contributed by atoms with Gasteiger partial charge in [-0.05, 0) is 49.7 Å². The monoisotopic (exact) mass is 386 g/mol. The highest BCUT2D eigenvalue weighted by Gasteiger charge is 2.34. The molecular weight excluding hydrogens is 364 g/mol. The largest absolute Gasteiger partial charge is 0.377 e. The number of hydrogen-bond acceptors (Lipinski definition) is 3. The molecular formula is C21H23ClN2O3. The average molecular weight is 387 g/mol. The molecule has 2 aromatic rings. The molecule has 1 N–H and O–H groups in total. The van der Waals surface area contributed by atoms with Crippen molar-refractivity contribution in [2.24, 2.45) is 0 Å². The van der Waals surface area contributed by atoms with Crippen LogP contribution in [0, 0.1) is 0 Å². The number of amides is 2. The number of morpholine rings is 1. The summed E-state index contributed by atoms with van der Waals surface area (Å²) in [6.45, 7) is 5.57. The highest BCUT2D eigenvalue weighted by molar-refractivity contribution is 6.30. The van der Waals surface area contributed by atoms with E-state index < -0.39 is 0 Å². The van der Waals surface area contributed by atoms with Crippen LogP contribution in [0.4, 0.5) is 5.69 Å². The van der Waals surface area contributed by atoms with E-state index in [1.54, 1.807) is 36.4 Å². The van der Waals surface area contributed by atoms with Crippen LogP contribution < -0.4 is 5.32 Å². The summed E-state index contributed by atoms with van der Waals surface area (Å²) in [4.78, 5) is 27.0. The molecule has 0 aromatic heterocycles. The molecule has 0 spiro atoms. The van der Waals surface area contributed by atoms with Crippen LogP contribution in [0.1, 0.15) is 29.8 Å². The fourth-order valence-corrected chi connectivity index (χ4v) is 3.24. The van der Waals surface area contributed by atoms with Crippen molar-refractivity contribution < 1.29 is 14.3 Å². The summed E-state index contributed by atoms with van der Waals surface area (Å²) in [5.74, 6) is -0.203. The number of carbonyl (C=O) groups excluding carboxylic acids is 2. The molecule has 0 radical (unpaired) electrons. The van der Waals surface area contributed by atoms with Crippen LogP contribution in [0.3, 0.4) is 0 Å². The van der Waals surface area contributed by atoms with E-state index in [0.717, 1.165) is 5.56 Å². The maximum Gasteiger partial charge on any atom is 0.254 e. The van der Waals surface area contributed by atoms with E-state index in [2.05, 4.69) is 5.32 Å². The minimum absolute atomic E-state index is 0.0582. The molecule has 0 saturated carbocycles. The van der Waals surface area contributed by atoms with Crippen LogP contribution in [0.5, 0.6) is 0 Å². The van der Waals surface area contributed by atoms with Gasteiger partial charge in [0.05, 0.1) is 25.2 Å². The van der Waals surface area contributed by atoms with E-state index >= 15 is 0 Å². The van der Waals surface area contributed by atoms with E-state index in [9.17, 15) is 9.59 Å². The normalized spacial score (nSPS) is 16.0. The molecule has 0 aliphatic carbocycles. The van der Waals surface area contributed by atoms with Gasteiger partial charge in [0.2, 0.25) is 5.91 Å². The van der Waals surface area contributed by atoms with Crippen molar-refractivity contribution in [3.8, 4) is 0 Å². The Morgan fingerprint density at radius 3 is 2.63 bits per heavy atom. The van der Waals surface area contributed by atoms with Gasteiger partial charge in [0.1, 0.15) is 0 Å². The summed E-state index contributed by atoms with van der Waals surface area (Å²) in [5, 5.41) is 3.49. The molecule has 1 aliphatic heterocycles. The Morgan fingerprint density at radius 1 is 1.19 bits per heavy atom. The van der Waals surface area contributed by atoms with Crippen molar-refractivity contribution in [3.63, 3.8) is 0 Å². The van der Waals surface area contributed by atoms with Gasteiger partial charge in [-0.1, -0.05) is 29.8 Å². The summed E-state index contributed by atoms with van der Waals surface area (Å²) in [5.41, 5.74) is 1.67. The van der Waals surface area contributed by atoms with Gasteiger partial charge in [-0.15, -0.1) is 0 Å². The minimum Gasteiger partial charge on any atom is -0.377 e. The van der Waals surface area contributed by atoms with Crippen LogP contribution in [-0.2, 0) is 16.0 Å². The number of ether oxygens (including phenoxy) is 1. The molecule has 1 fully saturated rings. The van der Waals surface area contributed by atoms with Crippen LogP contribution in [0.2, 0.25) is 5.02 Å². The molecule has 27 heavy (non-hydrogen) atoms. The van der Waals surface area contributed by atoms with Gasteiger partial charge in [-0.2, -0.15) is 0 Å². The molecule has 0 unspecified atom stereocenters. The first-order valence-corrected chi connectivity index (χ1v) is 9.27.